The zero-order valence-corrected chi connectivity index (χ0v) is 17.0. The molecule has 0 bridgehead atoms. The van der Waals surface area contributed by atoms with E-state index in [0.717, 1.165) is 22.7 Å². The van der Waals surface area contributed by atoms with Gasteiger partial charge in [0.15, 0.2) is 0 Å². The Hall–Kier alpha value is -2.78. The van der Waals surface area contributed by atoms with Crippen molar-refractivity contribution in [3.8, 4) is 0 Å². The molecule has 2 heterocycles. The molecule has 0 saturated carbocycles. The van der Waals surface area contributed by atoms with E-state index in [1.807, 2.05) is 0 Å². The van der Waals surface area contributed by atoms with Crippen LogP contribution in [0.3, 0.4) is 0 Å². The van der Waals surface area contributed by atoms with Crippen LogP contribution in [-0.2, 0) is 4.74 Å². The van der Waals surface area contributed by atoms with E-state index in [-0.39, 0.29) is 23.1 Å². The highest BCUT2D eigenvalue weighted by Crippen LogP contribution is 2.35. The van der Waals surface area contributed by atoms with Gasteiger partial charge in [0.1, 0.15) is 10.8 Å². The Morgan fingerprint density at radius 1 is 1.18 bits per heavy atom. The summed E-state index contributed by atoms with van der Waals surface area (Å²) in [4.78, 5) is 37.8. The Morgan fingerprint density at radius 2 is 1.93 bits per heavy atom. The first-order chi connectivity index (χ1) is 13.4. The third kappa shape index (κ3) is 3.63. The number of nitrogens with one attached hydrogen (secondary N) is 2. The Bertz CT molecular complexity index is 1090. The van der Waals surface area contributed by atoms with Gasteiger partial charge in [-0.15, -0.1) is 22.7 Å². The van der Waals surface area contributed by atoms with Crippen LogP contribution in [0, 0.1) is 12.7 Å². The van der Waals surface area contributed by atoms with Gasteiger partial charge in [-0.25, -0.2) is 9.18 Å². The number of esters is 1. The van der Waals surface area contributed by atoms with Crippen molar-refractivity contribution in [3.05, 3.63) is 51.0 Å². The number of benzene rings is 1. The largest absolute Gasteiger partial charge is 0.462 e. The number of halogens is 1. The van der Waals surface area contributed by atoms with E-state index in [4.69, 9.17) is 4.74 Å². The minimum atomic E-state index is -0.621. The first-order valence-corrected chi connectivity index (χ1v) is 10.0. The number of fused-ring (bicyclic) bond motifs is 1. The van der Waals surface area contributed by atoms with Gasteiger partial charge in [0.25, 0.3) is 11.8 Å². The van der Waals surface area contributed by atoms with Crippen LogP contribution in [0.25, 0.3) is 10.1 Å². The summed E-state index contributed by atoms with van der Waals surface area (Å²) < 4.78 is 19.6. The fourth-order valence-corrected chi connectivity index (χ4v) is 4.79. The number of hydrogen-bond donors (Lipinski definition) is 2. The van der Waals surface area contributed by atoms with Crippen molar-refractivity contribution in [2.45, 2.75) is 13.8 Å². The van der Waals surface area contributed by atoms with E-state index in [1.54, 1.807) is 26.0 Å². The van der Waals surface area contributed by atoms with E-state index in [1.165, 1.54) is 19.2 Å². The fourth-order valence-electron chi connectivity index (χ4n) is 2.68. The average Bonchev–Trinajstić information content (AvgIpc) is 3.24. The topological polar surface area (TPSA) is 84.5 Å². The van der Waals surface area contributed by atoms with E-state index < -0.39 is 17.7 Å². The molecule has 146 valence electrons. The summed E-state index contributed by atoms with van der Waals surface area (Å²) >= 11 is 2.13. The third-order valence-corrected chi connectivity index (χ3v) is 6.32. The van der Waals surface area contributed by atoms with Gasteiger partial charge in [-0.3, -0.25) is 9.59 Å². The quantitative estimate of drug-likeness (QED) is 0.606. The monoisotopic (exact) mass is 420 g/mol. The van der Waals surface area contributed by atoms with Crippen LogP contribution >= 0.6 is 22.7 Å². The van der Waals surface area contributed by atoms with Crippen molar-refractivity contribution in [1.82, 2.24) is 5.32 Å². The van der Waals surface area contributed by atoms with Crippen molar-refractivity contribution in [3.63, 3.8) is 0 Å². The minimum Gasteiger partial charge on any atom is -0.462 e. The number of rotatable bonds is 5. The van der Waals surface area contributed by atoms with E-state index in [9.17, 15) is 18.8 Å². The van der Waals surface area contributed by atoms with E-state index >= 15 is 0 Å². The molecule has 0 aliphatic carbocycles. The second-order valence-electron chi connectivity index (χ2n) is 5.78. The number of amides is 2. The van der Waals surface area contributed by atoms with Crippen LogP contribution in [0.2, 0.25) is 0 Å². The second kappa shape index (κ2) is 8.07. The van der Waals surface area contributed by atoms with Gasteiger partial charge < -0.3 is 15.4 Å². The Balaban J connectivity index is 1.99. The number of anilines is 1. The summed E-state index contributed by atoms with van der Waals surface area (Å²) in [5.74, 6) is -1.88. The second-order valence-corrected chi connectivity index (χ2v) is 7.88. The number of carbonyl (C=O) groups excluding carboxylic acids is 3. The summed E-state index contributed by atoms with van der Waals surface area (Å²) in [7, 11) is 1.48. The number of ether oxygens (including phenoxy) is 1. The molecule has 0 fully saturated rings. The van der Waals surface area contributed by atoms with Crippen LogP contribution in [0.15, 0.2) is 24.3 Å². The molecule has 3 rings (SSSR count). The zero-order valence-electron chi connectivity index (χ0n) is 15.3. The molecule has 0 aliphatic rings. The van der Waals surface area contributed by atoms with E-state index in [2.05, 4.69) is 10.6 Å². The zero-order chi connectivity index (χ0) is 20.4. The molecule has 0 spiro atoms. The highest BCUT2D eigenvalue weighted by atomic mass is 32.1. The summed E-state index contributed by atoms with van der Waals surface area (Å²) in [6.45, 7) is 3.45. The first kappa shape index (κ1) is 20.0. The van der Waals surface area contributed by atoms with Gasteiger partial charge in [0, 0.05) is 17.1 Å². The molecule has 0 aliphatic heterocycles. The van der Waals surface area contributed by atoms with Crippen molar-refractivity contribution in [2.75, 3.05) is 19.0 Å². The molecule has 1 aromatic carbocycles. The lowest BCUT2D eigenvalue weighted by Crippen LogP contribution is -2.17. The molecule has 2 aromatic heterocycles. The van der Waals surface area contributed by atoms with Gasteiger partial charge >= 0.3 is 5.97 Å². The molecule has 6 nitrogen and oxygen atoms in total. The predicted molar refractivity (Wildman–Crippen MR) is 108 cm³/mol. The molecule has 2 amide bonds. The lowest BCUT2D eigenvalue weighted by molar-refractivity contribution is 0.0527. The average molecular weight is 420 g/mol. The van der Waals surface area contributed by atoms with Crippen LogP contribution in [0.5, 0.6) is 0 Å². The molecule has 9 heteroatoms. The van der Waals surface area contributed by atoms with Crippen molar-refractivity contribution < 1.29 is 23.5 Å². The summed E-state index contributed by atoms with van der Waals surface area (Å²) in [5, 5.41) is 5.76. The first-order valence-electron chi connectivity index (χ1n) is 8.39. The number of carbonyl (C=O) groups is 3. The van der Waals surface area contributed by atoms with Crippen molar-refractivity contribution in [2.24, 2.45) is 0 Å². The molecule has 28 heavy (non-hydrogen) atoms. The molecule has 0 unspecified atom stereocenters. The third-order valence-electron chi connectivity index (χ3n) is 4.02. The van der Waals surface area contributed by atoms with Crippen molar-refractivity contribution >= 4 is 55.5 Å². The van der Waals surface area contributed by atoms with E-state index in [0.29, 0.717) is 25.4 Å². The molecule has 0 atom stereocenters. The summed E-state index contributed by atoms with van der Waals surface area (Å²) in [6.07, 6.45) is 0. The van der Waals surface area contributed by atoms with Crippen molar-refractivity contribution in [1.29, 1.82) is 0 Å². The van der Waals surface area contributed by atoms with Gasteiger partial charge in [-0.1, -0.05) is 6.07 Å². The number of hydrogen-bond acceptors (Lipinski definition) is 6. The lowest BCUT2D eigenvalue weighted by atomic mass is 10.1. The Labute approximate surface area is 168 Å². The SMILES string of the molecule is CCOC(=O)c1c(NC(=O)c2cc3c(F)cccc3s2)sc(C(=O)NC)c1C. The standard InChI is InChI=1S/C19H17FN2O4S2/c1-4-26-19(25)14-9(2)15(17(24)21-3)28-18(14)22-16(23)13-8-10-11(20)6-5-7-12(10)27-13/h5-8H,4H2,1-3H3,(H,21,24)(H,22,23). The molecular weight excluding hydrogens is 403 g/mol. The van der Waals surface area contributed by atoms with Gasteiger partial charge in [-0.05, 0) is 37.6 Å². The molecule has 0 saturated heterocycles. The van der Waals surface area contributed by atoms with Gasteiger partial charge in [0.05, 0.1) is 21.9 Å². The van der Waals surface area contributed by atoms with Crippen LogP contribution < -0.4 is 10.6 Å². The lowest BCUT2D eigenvalue weighted by Gasteiger charge is -2.06. The molecule has 2 N–H and O–H groups in total. The fraction of sp³-hybridized carbons (Fsp3) is 0.211. The predicted octanol–water partition coefficient (Wildman–Crippen LogP) is 4.20. The highest BCUT2D eigenvalue weighted by Gasteiger charge is 2.27. The number of thiophene rings is 2. The molecular formula is C19H17FN2O4S2. The maximum atomic E-state index is 13.9. The Morgan fingerprint density at radius 3 is 2.57 bits per heavy atom. The van der Waals surface area contributed by atoms with Crippen LogP contribution in [0.1, 0.15) is 42.2 Å². The van der Waals surface area contributed by atoms with Gasteiger partial charge in [-0.2, -0.15) is 0 Å². The van der Waals surface area contributed by atoms with Gasteiger partial charge in [0.2, 0.25) is 0 Å². The molecule has 0 radical (unpaired) electrons. The maximum absolute atomic E-state index is 13.9. The minimum absolute atomic E-state index is 0.145. The summed E-state index contributed by atoms with van der Waals surface area (Å²) in [5.41, 5.74) is 0.576. The van der Waals surface area contributed by atoms with Crippen LogP contribution in [-0.4, -0.2) is 31.4 Å². The maximum Gasteiger partial charge on any atom is 0.341 e. The van der Waals surface area contributed by atoms with Crippen LogP contribution in [0.4, 0.5) is 9.39 Å². The summed E-state index contributed by atoms with van der Waals surface area (Å²) in [6, 6.07) is 6.10. The normalized spacial score (nSPS) is 10.7. The molecule has 3 aromatic rings. The smallest absolute Gasteiger partial charge is 0.341 e. The Kier molecular flexibility index (Phi) is 5.76. The highest BCUT2D eigenvalue weighted by molar-refractivity contribution is 7.21.